The van der Waals surface area contributed by atoms with Gasteiger partial charge in [0.15, 0.2) is 16.6 Å². The SMILES string of the molecule is CCOc1ccc(C2C(=C(O)c3ccc(OC)c(C)c3)C(=O)C(=O)N2c2nc3ccc(OC)cc3s2)cc1OC. The Bertz CT molecular complexity index is 1660. The monoisotopic (exact) mass is 560 g/mol. The molecule has 1 N–H and O–H groups in total. The topological polar surface area (TPSA) is 107 Å². The van der Waals surface area contributed by atoms with Gasteiger partial charge in [-0.15, -0.1) is 0 Å². The summed E-state index contributed by atoms with van der Waals surface area (Å²) in [5, 5.41) is 11.8. The van der Waals surface area contributed by atoms with Gasteiger partial charge < -0.3 is 24.1 Å². The standard InChI is InChI=1S/C30H28N2O7S/c1-6-39-22-12-7-17(14-23(22)38-5)26-25(27(33)18-8-11-21(37-4)16(2)13-18)28(34)29(35)32(26)30-31-20-10-9-19(36-3)15-24(20)40-30/h7-15,26,33H,6H2,1-5H3. The van der Waals surface area contributed by atoms with Crippen molar-refractivity contribution in [3.05, 3.63) is 76.9 Å². The summed E-state index contributed by atoms with van der Waals surface area (Å²) in [6, 6.07) is 14.7. The van der Waals surface area contributed by atoms with Gasteiger partial charge in [0.05, 0.1) is 49.8 Å². The zero-order valence-corrected chi connectivity index (χ0v) is 23.5. The lowest BCUT2D eigenvalue weighted by molar-refractivity contribution is -0.132. The van der Waals surface area contributed by atoms with Crippen molar-refractivity contribution in [1.29, 1.82) is 0 Å². The van der Waals surface area contributed by atoms with Gasteiger partial charge in [0, 0.05) is 5.56 Å². The van der Waals surface area contributed by atoms with E-state index in [1.807, 2.05) is 19.9 Å². The molecule has 206 valence electrons. The van der Waals surface area contributed by atoms with E-state index >= 15 is 0 Å². The third kappa shape index (κ3) is 4.60. The summed E-state index contributed by atoms with van der Waals surface area (Å²) in [6.45, 7) is 4.12. The molecule has 0 spiro atoms. The van der Waals surface area contributed by atoms with Crippen LogP contribution in [0.5, 0.6) is 23.0 Å². The Morgan fingerprint density at radius 1 is 0.950 bits per heavy atom. The highest BCUT2D eigenvalue weighted by molar-refractivity contribution is 7.22. The zero-order chi connectivity index (χ0) is 28.6. The van der Waals surface area contributed by atoms with Crippen molar-refractivity contribution in [2.45, 2.75) is 19.9 Å². The lowest BCUT2D eigenvalue weighted by Gasteiger charge is -2.24. The molecule has 40 heavy (non-hydrogen) atoms. The average Bonchev–Trinajstić information content (AvgIpc) is 3.50. The number of aliphatic hydroxyl groups is 1. The van der Waals surface area contributed by atoms with E-state index in [1.54, 1.807) is 62.8 Å². The number of ether oxygens (including phenoxy) is 4. The van der Waals surface area contributed by atoms with E-state index in [-0.39, 0.29) is 11.3 Å². The number of Topliss-reactive ketones (excluding diaryl/α,β-unsaturated/α-hetero) is 1. The number of hydrogen-bond donors (Lipinski definition) is 1. The van der Waals surface area contributed by atoms with Crippen LogP contribution in [0.1, 0.15) is 29.7 Å². The van der Waals surface area contributed by atoms with E-state index < -0.39 is 17.7 Å². The van der Waals surface area contributed by atoms with Crippen molar-refractivity contribution in [3.63, 3.8) is 0 Å². The molecule has 10 heteroatoms. The Morgan fingerprint density at radius 3 is 2.38 bits per heavy atom. The number of rotatable bonds is 8. The van der Waals surface area contributed by atoms with E-state index in [9.17, 15) is 14.7 Å². The van der Waals surface area contributed by atoms with Crippen molar-refractivity contribution in [1.82, 2.24) is 4.98 Å². The van der Waals surface area contributed by atoms with Crippen molar-refractivity contribution in [2.24, 2.45) is 0 Å². The van der Waals surface area contributed by atoms with Crippen molar-refractivity contribution < 1.29 is 33.6 Å². The second kappa shape index (κ2) is 10.9. The fourth-order valence-corrected chi connectivity index (χ4v) is 5.80. The summed E-state index contributed by atoms with van der Waals surface area (Å²) in [4.78, 5) is 33.2. The molecule has 1 aliphatic rings. The number of amides is 1. The molecule has 1 atom stereocenters. The van der Waals surface area contributed by atoms with Gasteiger partial charge in [-0.2, -0.15) is 0 Å². The minimum Gasteiger partial charge on any atom is -0.507 e. The number of carbonyl (C=O) groups excluding carboxylic acids is 2. The number of fused-ring (bicyclic) bond motifs is 1. The van der Waals surface area contributed by atoms with Crippen LogP contribution in [0.3, 0.4) is 0 Å². The molecule has 9 nitrogen and oxygen atoms in total. The van der Waals surface area contributed by atoms with Crippen LogP contribution in [0, 0.1) is 6.92 Å². The van der Waals surface area contributed by atoms with Gasteiger partial charge in [-0.05, 0) is 73.5 Å². The minimum atomic E-state index is -0.977. The molecule has 1 fully saturated rings. The molecule has 4 aromatic rings. The largest absolute Gasteiger partial charge is 0.507 e. The van der Waals surface area contributed by atoms with Crippen LogP contribution in [-0.4, -0.2) is 49.7 Å². The first-order valence-electron chi connectivity index (χ1n) is 12.5. The van der Waals surface area contributed by atoms with Gasteiger partial charge in [-0.1, -0.05) is 17.4 Å². The molecule has 1 aliphatic heterocycles. The molecule has 0 bridgehead atoms. The maximum absolute atomic E-state index is 13.6. The first-order chi connectivity index (χ1) is 19.3. The number of benzene rings is 3. The molecule has 0 radical (unpaired) electrons. The summed E-state index contributed by atoms with van der Waals surface area (Å²) in [5.41, 5.74) is 2.28. The van der Waals surface area contributed by atoms with Crippen LogP contribution in [0.2, 0.25) is 0 Å². The number of ketones is 1. The second-order valence-electron chi connectivity index (χ2n) is 9.03. The number of aryl methyl sites for hydroxylation is 1. The summed E-state index contributed by atoms with van der Waals surface area (Å²) in [5.74, 6) is 0.313. The number of nitrogens with zero attached hydrogens (tertiary/aromatic N) is 2. The predicted octanol–water partition coefficient (Wildman–Crippen LogP) is 5.66. The Labute approximate surface area is 235 Å². The predicted molar refractivity (Wildman–Crippen MR) is 153 cm³/mol. The van der Waals surface area contributed by atoms with Gasteiger partial charge in [0.1, 0.15) is 17.3 Å². The molecule has 3 aromatic carbocycles. The maximum atomic E-state index is 13.6. The molecule has 1 aromatic heterocycles. The second-order valence-corrected chi connectivity index (χ2v) is 10.0. The highest BCUT2D eigenvalue weighted by Gasteiger charge is 2.48. The number of hydrogen-bond acceptors (Lipinski definition) is 9. The van der Waals surface area contributed by atoms with E-state index in [4.69, 9.17) is 18.9 Å². The van der Waals surface area contributed by atoms with Crippen LogP contribution >= 0.6 is 11.3 Å². The van der Waals surface area contributed by atoms with Crippen LogP contribution in [0.15, 0.2) is 60.2 Å². The number of aliphatic hydroxyl groups excluding tert-OH is 1. The Hall–Kier alpha value is -4.57. The smallest absolute Gasteiger partial charge is 0.301 e. The van der Waals surface area contributed by atoms with Gasteiger partial charge in [0.25, 0.3) is 5.78 Å². The number of aromatic nitrogens is 1. The normalized spacial score (nSPS) is 16.4. The third-order valence-electron chi connectivity index (χ3n) is 6.71. The first kappa shape index (κ1) is 27.0. The first-order valence-corrected chi connectivity index (χ1v) is 13.3. The van der Waals surface area contributed by atoms with E-state index in [1.165, 1.54) is 23.3 Å². The number of anilines is 1. The summed E-state index contributed by atoms with van der Waals surface area (Å²) in [7, 11) is 4.64. The molecule has 5 rings (SSSR count). The minimum absolute atomic E-state index is 0.0578. The van der Waals surface area contributed by atoms with E-state index in [0.717, 1.165) is 10.3 Å². The molecule has 1 saturated heterocycles. The van der Waals surface area contributed by atoms with Crippen LogP contribution in [-0.2, 0) is 9.59 Å². The highest BCUT2D eigenvalue weighted by Crippen LogP contribution is 2.46. The van der Waals surface area contributed by atoms with Gasteiger partial charge in [0.2, 0.25) is 0 Å². The average molecular weight is 561 g/mol. The van der Waals surface area contributed by atoms with Crippen molar-refractivity contribution in [3.8, 4) is 23.0 Å². The lowest BCUT2D eigenvalue weighted by atomic mass is 9.94. The fourth-order valence-electron chi connectivity index (χ4n) is 4.78. The number of carbonyl (C=O) groups is 2. The molecular weight excluding hydrogens is 532 g/mol. The highest BCUT2D eigenvalue weighted by atomic mass is 32.1. The molecule has 2 heterocycles. The maximum Gasteiger partial charge on any atom is 0.301 e. The molecule has 0 aliphatic carbocycles. The zero-order valence-electron chi connectivity index (χ0n) is 22.7. The molecule has 0 saturated carbocycles. The van der Waals surface area contributed by atoms with Gasteiger partial charge in [-0.3, -0.25) is 14.5 Å². The number of methoxy groups -OCH3 is 3. The van der Waals surface area contributed by atoms with Crippen LogP contribution in [0.25, 0.3) is 16.0 Å². The number of thiazole rings is 1. The molecular formula is C30H28N2O7S. The van der Waals surface area contributed by atoms with E-state index in [2.05, 4.69) is 4.98 Å². The summed E-state index contributed by atoms with van der Waals surface area (Å²) < 4.78 is 22.7. The summed E-state index contributed by atoms with van der Waals surface area (Å²) >= 11 is 1.25. The molecule has 1 amide bonds. The van der Waals surface area contributed by atoms with Gasteiger partial charge in [-0.25, -0.2) is 4.98 Å². The van der Waals surface area contributed by atoms with Crippen molar-refractivity contribution in [2.75, 3.05) is 32.8 Å². The Balaban J connectivity index is 1.73. The van der Waals surface area contributed by atoms with E-state index in [0.29, 0.717) is 51.4 Å². The summed E-state index contributed by atoms with van der Waals surface area (Å²) in [6.07, 6.45) is 0. The Kier molecular flexibility index (Phi) is 7.36. The fraction of sp³-hybridized carbons (Fsp3) is 0.233. The third-order valence-corrected chi connectivity index (χ3v) is 7.72. The van der Waals surface area contributed by atoms with Crippen LogP contribution in [0.4, 0.5) is 5.13 Å². The quantitative estimate of drug-likeness (QED) is 0.167. The van der Waals surface area contributed by atoms with Crippen LogP contribution < -0.4 is 23.8 Å². The lowest BCUT2D eigenvalue weighted by Crippen LogP contribution is -2.29. The van der Waals surface area contributed by atoms with Gasteiger partial charge >= 0.3 is 5.91 Å². The molecule has 1 unspecified atom stereocenters. The Morgan fingerprint density at radius 2 is 1.70 bits per heavy atom. The van der Waals surface area contributed by atoms with Crippen molar-refractivity contribution >= 4 is 44.1 Å².